The average Bonchev–Trinajstić information content (AvgIpc) is 3.05. The van der Waals surface area contributed by atoms with Gasteiger partial charge in [-0.2, -0.15) is 0 Å². The number of rotatable bonds is 5. The SMILES string of the molecule is CN(CCc1cccs1)C(=O)c1cc(C(=O)O)co1. The first-order chi connectivity index (χ1) is 9.08. The molecule has 2 aromatic heterocycles. The lowest BCUT2D eigenvalue weighted by Gasteiger charge is -2.14. The quantitative estimate of drug-likeness (QED) is 0.912. The van der Waals surface area contributed by atoms with E-state index in [1.807, 2.05) is 17.5 Å². The summed E-state index contributed by atoms with van der Waals surface area (Å²) in [5.74, 6) is -1.38. The fraction of sp³-hybridized carbons (Fsp3) is 0.231. The van der Waals surface area contributed by atoms with Gasteiger partial charge >= 0.3 is 5.97 Å². The number of carboxylic acids is 1. The smallest absolute Gasteiger partial charge is 0.338 e. The summed E-state index contributed by atoms with van der Waals surface area (Å²) in [5, 5.41) is 10.8. The number of amides is 1. The van der Waals surface area contributed by atoms with Crippen LogP contribution in [0.25, 0.3) is 0 Å². The Hall–Kier alpha value is -2.08. The van der Waals surface area contributed by atoms with Crippen molar-refractivity contribution in [3.63, 3.8) is 0 Å². The standard InChI is InChI=1S/C13H13NO4S/c1-14(5-4-10-3-2-6-19-10)12(15)11-7-9(8-18-11)13(16)17/h2-3,6-8H,4-5H2,1H3,(H,16,17). The molecule has 0 aliphatic carbocycles. The first kappa shape index (κ1) is 13.4. The summed E-state index contributed by atoms with van der Waals surface area (Å²) in [7, 11) is 1.67. The molecule has 0 aromatic carbocycles. The summed E-state index contributed by atoms with van der Waals surface area (Å²) in [6.07, 6.45) is 1.84. The average molecular weight is 279 g/mol. The maximum absolute atomic E-state index is 12.0. The van der Waals surface area contributed by atoms with Gasteiger partial charge in [-0.15, -0.1) is 11.3 Å². The van der Waals surface area contributed by atoms with Crippen LogP contribution in [0.5, 0.6) is 0 Å². The molecule has 0 saturated carbocycles. The molecule has 1 amide bonds. The van der Waals surface area contributed by atoms with Gasteiger partial charge in [0, 0.05) is 24.5 Å². The van der Waals surface area contributed by atoms with Crippen LogP contribution in [-0.2, 0) is 6.42 Å². The van der Waals surface area contributed by atoms with E-state index in [2.05, 4.69) is 0 Å². The van der Waals surface area contributed by atoms with Crippen LogP contribution in [0.4, 0.5) is 0 Å². The minimum Gasteiger partial charge on any atom is -0.478 e. The van der Waals surface area contributed by atoms with Crippen LogP contribution < -0.4 is 0 Å². The molecule has 0 aliphatic rings. The molecule has 0 bridgehead atoms. The second-order valence-corrected chi connectivity index (χ2v) is 5.09. The normalized spacial score (nSPS) is 10.4. The molecule has 19 heavy (non-hydrogen) atoms. The third kappa shape index (κ3) is 3.23. The number of hydrogen-bond acceptors (Lipinski definition) is 4. The molecule has 0 fully saturated rings. The highest BCUT2D eigenvalue weighted by molar-refractivity contribution is 7.09. The highest BCUT2D eigenvalue weighted by atomic mass is 32.1. The van der Waals surface area contributed by atoms with Crippen LogP contribution in [0.2, 0.25) is 0 Å². The van der Waals surface area contributed by atoms with Gasteiger partial charge in [-0.05, 0) is 17.9 Å². The predicted octanol–water partition coefficient (Wildman–Crippen LogP) is 2.35. The summed E-state index contributed by atoms with van der Waals surface area (Å²) in [6, 6.07) is 5.22. The number of hydrogen-bond donors (Lipinski definition) is 1. The maximum Gasteiger partial charge on any atom is 0.338 e. The second kappa shape index (κ2) is 5.71. The maximum atomic E-state index is 12.0. The van der Waals surface area contributed by atoms with Crippen LogP contribution in [0, 0.1) is 0 Å². The zero-order chi connectivity index (χ0) is 13.8. The van der Waals surface area contributed by atoms with Crippen LogP contribution in [0.15, 0.2) is 34.3 Å². The van der Waals surface area contributed by atoms with Gasteiger partial charge in [0.1, 0.15) is 6.26 Å². The van der Waals surface area contributed by atoms with Crippen LogP contribution >= 0.6 is 11.3 Å². The molecule has 6 heteroatoms. The van der Waals surface area contributed by atoms with E-state index in [4.69, 9.17) is 9.52 Å². The van der Waals surface area contributed by atoms with Gasteiger partial charge in [0.2, 0.25) is 0 Å². The van der Waals surface area contributed by atoms with E-state index in [-0.39, 0.29) is 17.2 Å². The second-order valence-electron chi connectivity index (χ2n) is 4.06. The van der Waals surface area contributed by atoms with E-state index in [9.17, 15) is 9.59 Å². The Morgan fingerprint density at radius 1 is 1.47 bits per heavy atom. The number of aromatic carboxylic acids is 1. The monoisotopic (exact) mass is 279 g/mol. The molecule has 0 radical (unpaired) electrons. The van der Waals surface area contributed by atoms with Gasteiger partial charge in [-0.3, -0.25) is 4.79 Å². The van der Waals surface area contributed by atoms with E-state index in [1.165, 1.54) is 15.8 Å². The lowest BCUT2D eigenvalue weighted by molar-refractivity contribution is 0.0695. The van der Waals surface area contributed by atoms with Gasteiger partial charge in [0.05, 0.1) is 5.56 Å². The first-order valence-electron chi connectivity index (χ1n) is 5.67. The first-order valence-corrected chi connectivity index (χ1v) is 6.55. The fourth-order valence-corrected chi connectivity index (χ4v) is 2.28. The zero-order valence-electron chi connectivity index (χ0n) is 10.3. The van der Waals surface area contributed by atoms with Crippen molar-refractivity contribution in [1.29, 1.82) is 0 Å². The largest absolute Gasteiger partial charge is 0.478 e. The molecule has 0 spiro atoms. The highest BCUT2D eigenvalue weighted by Crippen LogP contribution is 2.12. The number of likely N-dealkylation sites (N-methyl/N-ethyl adjacent to an activating group) is 1. The van der Waals surface area contributed by atoms with Crippen molar-refractivity contribution >= 4 is 23.2 Å². The van der Waals surface area contributed by atoms with Gasteiger partial charge in [0.15, 0.2) is 5.76 Å². The number of furan rings is 1. The van der Waals surface area contributed by atoms with Crippen molar-refractivity contribution in [2.24, 2.45) is 0 Å². The molecule has 0 atom stereocenters. The third-order valence-corrected chi connectivity index (χ3v) is 3.61. The summed E-state index contributed by atoms with van der Waals surface area (Å²) < 4.78 is 4.98. The Labute approximate surface area is 114 Å². The highest BCUT2D eigenvalue weighted by Gasteiger charge is 2.18. The molecule has 5 nitrogen and oxygen atoms in total. The van der Waals surface area contributed by atoms with Crippen molar-refractivity contribution in [1.82, 2.24) is 4.90 Å². The minimum absolute atomic E-state index is 0.0185. The van der Waals surface area contributed by atoms with Gasteiger partial charge in [0.25, 0.3) is 5.91 Å². The van der Waals surface area contributed by atoms with Crippen molar-refractivity contribution < 1.29 is 19.1 Å². The summed E-state index contributed by atoms with van der Waals surface area (Å²) in [5.41, 5.74) is -0.0185. The Bertz CT molecular complexity index is 573. The summed E-state index contributed by atoms with van der Waals surface area (Å²) >= 11 is 1.64. The Balaban J connectivity index is 1.96. The van der Waals surface area contributed by atoms with Crippen molar-refractivity contribution in [2.75, 3.05) is 13.6 Å². The number of carboxylic acid groups (broad SMARTS) is 1. The van der Waals surface area contributed by atoms with Gasteiger partial charge in [-0.25, -0.2) is 4.79 Å². The Morgan fingerprint density at radius 2 is 2.26 bits per heavy atom. The molecule has 1 N–H and O–H groups in total. The van der Waals surface area contributed by atoms with Crippen molar-refractivity contribution in [3.05, 3.63) is 46.0 Å². The number of carbonyl (C=O) groups excluding carboxylic acids is 1. The molecular formula is C13H13NO4S. The number of thiophene rings is 1. The topological polar surface area (TPSA) is 70.8 Å². The molecule has 0 saturated heterocycles. The fourth-order valence-electron chi connectivity index (χ4n) is 1.58. The van der Waals surface area contributed by atoms with E-state index in [0.29, 0.717) is 6.54 Å². The molecule has 100 valence electrons. The van der Waals surface area contributed by atoms with Gasteiger partial charge in [-0.1, -0.05) is 6.07 Å². The van der Waals surface area contributed by atoms with E-state index >= 15 is 0 Å². The summed E-state index contributed by atoms with van der Waals surface area (Å²) in [4.78, 5) is 25.4. The molecule has 2 rings (SSSR count). The zero-order valence-corrected chi connectivity index (χ0v) is 11.1. The summed E-state index contributed by atoms with van der Waals surface area (Å²) in [6.45, 7) is 0.558. The number of nitrogens with zero attached hydrogens (tertiary/aromatic N) is 1. The molecule has 0 unspecified atom stereocenters. The van der Waals surface area contributed by atoms with Crippen LogP contribution in [0.3, 0.4) is 0 Å². The van der Waals surface area contributed by atoms with E-state index in [0.717, 1.165) is 12.7 Å². The van der Waals surface area contributed by atoms with Crippen LogP contribution in [0.1, 0.15) is 25.8 Å². The lowest BCUT2D eigenvalue weighted by Crippen LogP contribution is -2.28. The molecule has 2 heterocycles. The Kier molecular flexibility index (Phi) is 4.01. The molecule has 0 aliphatic heterocycles. The van der Waals surface area contributed by atoms with E-state index < -0.39 is 5.97 Å². The van der Waals surface area contributed by atoms with Crippen LogP contribution in [-0.4, -0.2) is 35.5 Å². The molecular weight excluding hydrogens is 266 g/mol. The van der Waals surface area contributed by atoms with Crippen molar-refractivity contribution in [3.8, 4) is 0 Å². The molecule has 2 aromatic rings. The van der Waals surface area contributed by atoms with E-state index in [1.54, 1.807) is 18.4 Å². The number of carbonyl (C=O) groups is 2. The minimum atomic E-state index is -1.11. The lowest BCUT2D eigenvalue weighted by atomic mass is 10.3. The Morgan fingerprint density at radius 3 is 2.84 bits per heavy atom. The predicted molar refractivity (Wildman–Crippen MR) is 70.7 cm³/mol. The van der Waals surface area contributed by atoms with Gasteiger partial charge < -0.3 is 14.4 Å². The third-order valence-electron chi connectivity index (χ3n) is 2.68. The van der Waals surface area contributed by atoms with Crippen molar-refractivity contribution in [2.45, 2.75) is 6.42 Å².